The number of hydrogen-bond donors (Lipinski definition) is 2. The molecule has 0 saturated carbocycles. The molecule has 6 heteroatoms. The van der Waals surface area contributed by atoms with E-state index in [2.05, 4.69) is 20.2 Å². The first kappa shape index (κ1) is 17.4. The molecule has 0 saturated heterocycles. The van der Waals surface area contributed by atoms with E-state index in [-0.39, 0.29) is 11.8 Å². The highest BCUT2D eigenvalue weighted by Crippen LogP contribution is 2.20. The summed E-state index contributed by atoms with van der Waals surface area (Å²) < 4.78 is 7.46. The number of aromatic nitrogens is 2. The van der Waals surface area contributed by atoms with Gasteiger partial charge in [-0.2, -0.15) is 0 Å². The van der Waals surface area contributed by atoms with Crippen molar-refractivity contribution < 1.29 is 9.53 Å². The first-order valence-corrected chi connectivity index (χ1v) is 8.15. The number of nitrogens with zero attached hydrogens (tertiary/aromatic N) is 2. The molecule has 0 radical (unpaired) electrons. The smallest absolute Gasteiger partial charge is 0.230 e. The number of ether oxygens (including phenoxy) is 1. The van der Waals surface area contributed by atoms with Crippen LogP contribution < -0.4 is 10.6 Å². The Kier molecular flexibility index (Phi) is 6.55. The van der Waals surface area contributed by atoms with E-state index in [4.69, 9.17) is 4.74 Å². The summed E-state index contributed by atoms with van der Waals surface area (Å²) >= 11 is 0. The maximum absolute atomic E-state index is 12.3. The Hall–Kier alpha value is -1.92. The van der Waals surface area contributed by atoms with E-state index in [1.54, 1.807) is 0 Å². The lowest BCUT2D eigenvalue weighted by Crippen LogP contribution is -2.29. The molecule has 23 heavy (non-hydrogen) atoms. The van der Waals surface area contributed by atoms with E-state index < -0.39 is 0 Å². The molecule has 2 rings (SSSR count). The van der Waals surface area contributed by atoms with E-state index in [0.717, 1.165) is 30.6 Å². The van der Waals surface area contributed by atoms with Gasteiger partial charge < -0.3 is 14.6 Å². The zero-order valence-corrected chi connectivity index (χ0v) is 14.1. The van der Waals surface area contributed by atoms with Crippen LogP contribution in [0.15, 0.2) is 24.3 Å². The summed E-state index contributed by atoms with van der Waals surface area (Å²) in [5.74, 6) is 0.466. The van der Waals surface area contributed by atoms with Crippen LogP contribution in [0.5, 0.6) is 0 Å². The molecule has 1 unspecified atom stereocenters. The second kappa shape index (κ2) is 8.64. The van der Waals surface area contributed by atoms with Crippen LogP contribution in [-0.2, 0) is 16.1 Å². The van der Waals surface area contributed by atoms with Crippen molar-refractivity contribution in [2.75, 3.05) is 32.1 Å². The van der Waals surface area contributed by atoms with Gasteiger partial charge >= 0.3 is 0 Å². The number of carbonyl (C=O) groups excluding carboxylic acids is 1. The third kappa shape index (κ3) is 4.53. The fourth-order valence-corrected chi connectivity index (χ4v) is 2.50. The minimum atomic E-state index is -0.114. The van der Waals surface area contributed by atoms with Crippen molar-refractivity contribution in [1.29, 1.82) is 0 Å². The number of rotatable bonds is 9. The average molecular weight is 318 g/mol. The molecule has 0 aliphatic carbocycles. The second-order valence-electron chi connectivity index (χ2n) is 5.57. The average Bonchev–Trinajstić information content (AvgIpc) is 2.89. The lowest BCUT2D eigenvalue weighted by Gasteiger charge is -2.13. The Labute approximate surface area is 137 Å². The van der Waals surface area contributed by atoms with Gasteiger partial charge in [-0.25, -0.2) is 4.98 Å². The quantitative estimate of drug-likeness (QED) is 0.696. The van der Waals surface area contributed by atoms with Crippen LogP contribution in [0.1, 0.15) is 20.3 Å². The van der Waals surface area contributed by atoms with Gasteiger partial charge in [0, 0.05) is 32.2 Å². The van der Waals surface area contributed by atoms with Gasteiger partial charge in [-0.3, -0.25) is 10.1 Å². The number of imidazole rings is 1. The van der Waals surface area contributed by atoms with Crippen LogP contribution in [0.4, 0.5) is 5.95 Å². The van der Waals surface area contributed by atoms with Crippen LogP contribution in [0.2, 0.25) is 0 Å². The zero-order valence-electron chi connectivity index (χ0n) is 14.1. The molecule has 6 nitrogen and oxygen atoms in total. The summed E-state index contributed by atoms with van der Waals surface area (Å²) in [4.78, 5) is 16.8. The third-order valence-electron chi connectivity index (χ3n) is 3.72. The maximum Gasteiger partial charge on any atom is 0.230 e. The van der Waals surface area contributed by atoms with E-state index in [1.807, 2.05) is 45.2 Å². The number of benzene rings is 1. The lowest BCUT2D eigenvalue weighted by molar-refractivity contribution is -0.119. The first-order chi connectivity index (χ1) is 11.2. The standard InChI is InChI=1S/C17H26N4O2/c1-4-23-11-7-10-21-15-9-6-5-8-14(15)19-17(21)20-16(22)13(2)12-18-3/h5-6,8-9,13,18H,4,7,10-12H2,1-3H3,(H,19,20,22). The van der Waals surface area contributed by atoms with E-state index in [1.165, 1.54) is 0 Å². The van der Waals surface area contributed by atoms with Gasteiger partial charge in [0.15, 0.2) is 0 Å². The number of hydrogen-bond acceptors (Lipinski definition) is 4. The number of aryl methyl sites for hydroxylation is 1. The number of carbonyl (C=O) groups is 1. The van der Waals surface area contributed by atoms with Gasteiger partial charge in [-0.1, -0.05) is 19.1 Å². The summed E-state index contributed by atoms with van der Waals surface area (Å²) in [7, 11) is 1.84. The number of nitrogens with one attached hydrogen (secondary N) is 2. The van der Waals surface area contributed by atoms with Gasteiger partial charge in [0.1, 0.15) is 0 Å². The van der Waals surface area contributed by atoms with Gasteiger partial charge in [0.05, 0.1) is 11.0 Å². The summed E-state index contributed by atoms with van der Waals surface area (Å²) in [6, 6.07) is 7.92. The van der Waals surface area contributed by atoms with Crippen LogP contribution in [-0.4, -0.2) is 42.3 Å². The summed E-state index contributed by atoms with van der Waals surface area (Å²) in [6.45, 7) is 6.70. The Morgan fingerprint density at radius 1 is 1.39 bits per heavy atom. The Morgan fingerprint density at radius 2 is 2.17 bits per heavy atom. The van der Waals surface area contributed by atoms with Crippen molar-refractivity contribution in [1.82, 2.24) is 14.9 Å². The number of anilines is 1. The molecule has 0 aliphatic rings. The molecule has 0 fully saturated rings. The summed E-state index contributed by atoms with van der Waals surface area (Å²) in [5.41, 5.74) is 1.92. The number of amides is 1. The molecule has 0 bridgehead atoms. The molecule has 2 aromatic rings. The molecule has 1 atom stereocenters. The minimum absolute atomic E-state index is 0.0271. The first-order valence-electron chi connectivity index (χ1n) is 8.15. The van der Waals surface area contributed by atoms with Crippen LogP contribution in [0, 0.1) is 5.92 Å². The van der Waals surface area contributed by atoms with Crippen molar-refractivity contribution in [3.05, 3.63) is 24.3 Å². The van der Waals surface area contributed by atoms with Crippen molar-refractivity contribution >= 4 is 22.9 Å². The van der Waals surface area contributed by atoms with Gasteiger partial charge in [-0.05, 0) is 32.5 Å². The van der Waals surface area contributed by atoms with Crippen molar-refractivity contribution in [2.45, 2.75) is 26.8 Å². The predicted molar refractivity (Wildman–Crippen MR) is 92.6 cm³/mol. The van der Waals surface area contributed by atoms with Crippen LogP contribution >= 0.6 is 0 Å². The fourth-order valence-electron chi connectivity index (χ4n) is 2.50. The van der Waals surface area contributed by atoms with Gasteiger partial charge in [0.2, 0.25) is 11.9 Å². The maximum atomic E-state index is 12.3. The monoisotopic (exact) mass is 318 g/mol. The SMILES string of the molecule is CCOCCCn1c(NC(=O)C(C)CNC)nc2ccccc21. The molecule has 0 spiro atoms. The highest BCUT2D eigenvalue weighted by atomic mass is 16.5. The lowest BCUT2D eigenvalue weighted by atomic mass is 10.1. The Morgan fingerprint density at radius 3 is 2.91 bits per heavy atom. The predicted octanol–water partition coefficient (Wildman–Crippen LogP) is 2.26. The normalized spacial score (nSPS) is 12.5. The van der Waals surface area contributed by atoms with E-state index in [9.17, 15) is 4.79 Å². The zero-order chi connectivity index (χ0) is 16.7. The Balaban J connectivity index is 2.18. The van der Waals surface area contributed by atoms with Crippen LogP contribution in [0.3, 0.4) is 0 Å². The molecule has 0 aliphatic heterocycles. The highest BCUT2D eigenvalue weighted by Gasteiger charge is 2.17. The van der Waals surface area contributed by atoms with Crippen molar-refractivity contribution in [3.8, 4) is 0 Å². The minimum Gasteiger partial charge on any atom is -0.382 e. The van der Waals surface area contributed by atoms with Gasteiger partial charge in [0.25, 0.3) is 0 Å². The van der Waals surface area contributed by atoms with E-state index >= 15 is 0 Å². The van der Waals surface area contributed by atoms with Crippen molar-refractivity contribution in [3.63, 3.8) is 0 Å². The van der Waals surface area contributed by atoms with Crippen molar-refractivity contribution in [2.24, 2.45) is 5.92 Å². The van der Waals surface area contributed by atoms with Gasteiger partial charge in [-0.15, -0.1) is 0 Å². The largest absolute Gasteiger partial charge is 0.382 e. The molecular formula is C17H26N4O2. The Bertz CT molecular complexity index is 639. The summed E-state index contributed by atoms with van der Waals surface area (Å²) in [6.07, 6.45) is 0.878. The van der Waals surface area contributed by atoms with E-state index in [0.29, 0.717) is 19.1 Å². The second-order valence-corrected chi connectivity index (χ2v) is 5.57. The topological polar surface area (TPSA) is 68.2 Å². The molecular weight excluding hydrogens is 292 g/mol. The number of fused-ring (bicyclic) bond motifs is 1. The molecule has 1 aromatic heterocycles. The fraction of sp³-hybridized carbons (Fsp3) is 0.529. The molecule has 2 N–H and O–H groups in total. The third-order valence-corrected chi connectivity index (χ3v) is 3.72. The summed E-state index contributed by atoms with van der Waals surface area (Å²) in [5, 5.41) is 5.98. The molecule has 1 amide bonds. The van der Waals surface area contributed by atoms with Crippen LogP contribution in [0.25, 0.3) is 11.0 Å². The highest BCUT2D eigenvalue weighted by molar-refractivity contribution is 5.93. The molecule has 1 heterocycles. The molecule has 1 aromatic carbocycles. The molecule has 126 valence electrons. The number of para-hydroxylation sites is 2.